The number of carboxylic acid groups (broad SMARTS) is 1. The molecule has 4 aromatic carbocycles. The van der Waals surface area contributed by atoms with Crippen molar-refractivity contribution >= 4 is 70.2 Å². The van der Waals surface area contributed by atoms with Crippen LogP contribution in [0.25, 0.3) is 20.9 Å². The number of carbonyl (C=O) groups excluding carboxylic acids is 7. The van der Waals surface area contributed by atoms with Crippen molar-refractivity contribution in [3.63, 3.8) is 0 Å². The lowest BCUT2D eigenvalue weighted by Crippen LogP contribution is -2.49. The van der Waals surface area contributed by atoms with Crippen LogP contribution in [-0.4, -0.2) is 148 Å². The molecule has 0 bridgehead atoms. The summed E-state index contributed by atoms with van der Waals surface area (Å²) in [4.78, 5) is 107. The second kappa shape index (κ2) is 30.2. The maximum atomic E-state index is 15.1. The number of carboxylic acids is 1. The fraction of sp³-hybridized carbons (Fsp3) is 0.407. The van der Waals surface area contributed by atoms with Gasteiger partial charge in [0.2, 0.25) is 17.7 Å². The Morgan fingerprint density at radius 3 is 1.43 bits per heavy atom. The zero-order valence-corrected chi connectivity index (χ0v) is 44.7. The van der Waals surface area contributed by atoms with Gasteiger partial charge in [-0.05, 0) is 58.6 Å². The summed E-state index contributed by atoms with van der Waals surface area (Å²) in [6.07, 6.45) is -2.10. The lowest BCUT2D eigenvalue weighted by molar-refractivity contribution is -0.137. The molecule has 4 fully saturated rings. The van der Waals surface area contributed by atoms with Crippen molar-refractivity contribution in [2.75, 3.05) is 98.1 Å². The Bertz CT molecular complexity index is 3020. The number of Topliss-reactive ketones (excluding diaryl/α,β-unsaturated/α-hetero) is 2. The van der Waals surface area contributed by atoms with Gasteiger partial charge in [-0.2, -0.15) is 0 Å². The van der Waals surface area contributed by atoms with Gasteiger partial charge in [-0.25, -0.2) is 18.4 Å². The van der Waals surface area contributed by atoms with E-state index in [-0.39, 0.29) is 100 Å². The Labute approximate surface area is 464 Å². The molecule has 4 aliphatic rings. The van der Waals surface area contributed by atoms with E-state index in [0.29, 0.717) is 60.1 Å². The fourth-order valence-corrected chi connectivity index (χ4v) is 8.84. The number of anilines is 4. The zero-order chi connectivity index (χ0) is 58.4. The third-order valence-electron chi connectivity index (χ3n) is 13.1. The number of ether oxygens (including phenoxy) is 2. The quantitative estimate of drug-likeness (QED) is 0.0312. The van der Waals surface area contributed by atoms with Crippen molar-refractivity contribution in [2.45, 2.75) is 64.8 Å². The number of carbonyl (C=O) groups is 8. The summed E-state index contributed by atoms with van der Waals surface area (Å²) in [6, 6.07) is 22.6. The van der Waals surface area contributed by atoms with E-state index >= 15 is 4.39 Å². The maximum absolute atomic E-state index is 15.1. The monoisotopic (exact) mass is 1120 g/mol. The van der Waals surface area contributed by atoms with Crippen LogP contribution in [0.3, 0.4) is 0 Å². The van der Waals surface area contributed by atoms with Crippen LogP contribution in [0.15, 0.2) is 95.2 Å². The third kappa shape index (κ3) is 18.4. The highest BCUT2D eigenvalue weighted by Gasteiger charge is 2.35. The first-order chi connectivity index (χ1) is 38.9. The molecule has 0 aromatic heterocycles. The molecule has 0 spiro atoms. The minimum atomic E-state index is -0.988. The van der Waals surface area contributed by atoms with E-state index in [9.17, 15) is 42.7 Å². The number of ketones is 2. The average molecular weight is 1120 g/mol. The Kier molecular flexibility index (Phi) is 22.7. The Balaban J connectivity index is 0.000000218. The number of azide groups is 2. The van der Waals surface area contributed by atoms with Crippen molar-refractivity contribution in [1.29, 1.82) is 0 Å². The summed E-state index contributed by atoms with van der Waals surface area (Å²) in [5.41, 5.74) is 20.8. The minimum Gasteiger partial charge on any atom is -0.481 e. The SMILES string of the molecule is CC(=O)NC[C@H]1CN(c2ccc(N3CCN(C(=O)CCC(=O)c4ccc(CN=[N+]=[N-])cc4)CC3)c(F)c2)C(=O)O1.CC(=O)NC[C@H]1CN(c2ccc(N3CCNCC3)c(F)c2)C(=O)O1.[N-]=[N+]=NCc1ccc(C(=O)CCC(=O)O)cc1. The van der Waals surface area contributed by atoms with Gasteiger partial charge < -0.3 is 45.2 Å². The summed E-state index contributed by atoms with van der Waals surface area (Å²) in [5, 5.41) is 23.8. The van der Waals surface area contributed by atoms with Crippen molar-refractivity contribution in [1.82, 2.24) is 20.9 Å². The molecule has 0 aliphatic carbocycles. The van der Waals surface area contributed by atoms with Crippen molar-refractivity contribution in [2.24, 2.45) is 10.2 Å². The van der Waals surface area contributed by atoms with Crippen LogP contribution in [0, 0.1) is 11.6 Å². The Morgan fingerprint density at radius 2 is 1.04 bits per heavy atom. The summed E-state index contributed by atoms with van der Waals surface area (Å²) in [5.74, 6) is -2.74. The van der Waals surface area contributed by atoms with E-state index in [1.807, 2.05) is 9.80 Å². The number of nitrogens with one attached hydrogen (secondary N) is 3. The molecular formula is C54H62F2N14O11. The highest BCUT2D eigenvalue weighted by atomic mass is 19.1. The maximum Gasteiger partial charge on any atom is 0.414 e. The van der Waals surface area contributed by atoms with E-state index in [1.165, 1.54) is 35.8 Å². The molecule has 0 unspecified atom stereocenters. The van der Waals surface area contributed by atoms with Crippen molar-refractivity contribution < 1.29 is 61.7 Å². The molecule has 5 amide bonds. The van der Waals surface area contributed by atoms with E-state index in [0.717, 1.165) is 37.3 Å². The van der Waals surface area contributed by atoms with Crippen LogP contribution in [0.4, 0.5) is 41.1 Å². The summed E-state index contributed by atoms with van der Waals surface area (Å²) < 4.78 is 40.0. The van der Waals surface area contributed by atoms with Crippen LogP contribution in [0.2, 0.25) is 0 Å². The molecule has 0 radical (unpaired) electrons. The standard InChI is InChI=1S/C27H30FN7O5.C16H21FN4O3.C11H11N3O3/c1-18(36)30-16-22-17-35(27(39)40-22)21-6-7-24(23(28)14-21)33-10-12-34(13-11-33)26(38)9-8-25(37)20-4-2-19(3-5-20)15-31-32-29;1-11(22)19-9-13-10-21(16(23)24-13)12-2-3-15(14(17)8-12)20-6-4-18-5-7-20;12-14-13-7-8-1-3-9(4-2-8)10(15)5-6-11(16)17/h2-7,14,22H,8-13,15-17H2,1H3,(H,30,36);2-3,8,13,18H,4-7,9-10H2,1H3,(H,19,22);1-4H,5-7H2,(H,16,17)/t22-;13-;/m00./s1. The molecule has 4 heterocycles. The second-order valence-electron chi connectivity index (χ2n) is 18.9. The van der Waals surface area contributed by atoms with E-state index in [4.69, 9.17) is 25.6 Å². The first-order valence-electron chi connectivity index (χ1n) is 25.9. The first kappa shape index (κ1) is 60.9. The highest BCUT2D eigenvalue weighted by Crippen LogP contribution is 2.30. The first-order valence-corrected chi connectivity index (χ1v) is 25.9. The van der Waals surface area contributed by atoms with Crippen LogP contribution >= 0.6 is 0 Å². The second-order valence-corrected chi connectivity index (χ2v) is 18.9. The van der Waals surface area contributed by atoms with Gasteiger partial charge in [0.15, 0.2) is 11.6 Å². The minimum absolute atomic E-state index is 0.00890. The molecule has 27 heteroatoms. The predicted molar refractivity (Wildman–Crippen MR) is 293 cm³/mol. The molecule has 4 aromatic rings. The molecule has 25 nitrogen and oxygen atoms in total. The summed E-state index contributed by atoms with van der Waals surface area (Å²) in [6.45, 7) is 8.92. The molecule has 4 saturated heterocycles. The van der Waals surface area contributed by atoms with Gasteiger partial charge >= 0.3 is 18.2 Å². The number of nitrogens with zero attached hydrogens (tertiary/aromatic N) is 11. The largest absolute Gasteiger partial charge is 0.481 e. The number of hydrogen-bond donors (Lipinski definition) is 4. The summed E-state index contributed by atoms with van der Waals surface area (Å²) >= 11 is 0. The van der Waals surface area contributed by atoms with Crippen LogP contribution < -0.4 is 35.6 Å². The van der Waals surface area contributed by atoms with Crippen molar-refractivity contribution in [3.05, 3.63) is 140 Å². The highest BCUT2D eigenvalue weighted by molar-refractivity contribution is 5.98. The van der Waals surface area contributed by atoms with Crippen LogP contribution in [-0.2, 0) is 41.7 Å². The lowest BCUT2D eigenvalue weighted by atomic mass is 10.0. The van der Waals surface area contributed by atoms with Gasteiger partial charge in [-0.1, -0.05) is 58.8 Å². The Hall–Kier alpha value is -9.32. The molecule has 0 saturated carbocycles. The van der Waals surface area contributed by atoms with Gasteiger partial charge in [0.25, 0.3) is 0 Å². The zero-order valence-electron chi connectivity index (χ0n) is 44.7. The average Bonchev–Trinajstić information content (AvgIpc) is 4.05. The van der Waals surface area contributed by atoms with Gasteiger partial charge in [0.05, 0.1) is 68.4 Å². The number of hydrogen-bond acceptors (Lipinski definition) is 15. The van der Waals surface area contributed by atoms with E-state index in [1.54, 1.807) is 77.7 Å². The number of aliphatic carboxylic acids is 1. The number of amides is 5. The number of benzene rings is 4. The topological polar surface area (TPSA) is 325 Å². The number of piperazine rings is 2. The lowest BCUT2D eigenvalue weighted by Gasteiger charge is -2.36. The van der Waals surface area contributed by atoms with Crippen LogP contribution in [0.1, 0.15) is 71.4 Å². The predicted octanol–water partition coefficient (Wildman–Crippen LogP) is 6.65. The van der Waals surface area contributed by atoms with Gasteiger partial charge in [-0.3, -0.25) is 38.6 Å². The molecule has 2 atom stereocenters. The van der Waals surface area contributed by atoms with Gasteiger partial charge in [-0.15, -0.1) is 0 Å². The molecule has 428 valence electrons. The van der Waals surface area contributed by atoms with Gasteiger partial charge in [0, 0.05) is 106 Å². The molecule has 81 heavy (non-hydrogen) atoms. The van der Waals surface area contributed by atoms with Crippen molar-refractivity contribution in [3.8, 4) is 0 Å². The molecular weight excluding hydrogens is 1060 g/mol. The molecule has 4 N–H and O–H groups in total. The molecule has 8 rings (SSSR count). The number of cyclic esters (lactones) is 2. The van der Waals surface area contributed by atoms with Crippen LogP contribution in [0.5, 0.6) is 0 Å². The molecule has 4 aliphatic heterocycles. The fourth-order valence-electron chi connectivity index (χ4n) is 8.84. The third-order valence-corrected chi connectivity index (χ3v) is 13.1. The number of halogens is 2. The summed E-state index contributed by atoms with van der Waals surface area (Å²) in [7, 11) is 0. The normalized spacial score (nSPS) is 16.5. The Morgan fingerprint density at radius 1 is 0.617 bits per heavy atom. The van der Waals surface area contributed by atoms with E-state index in [2.05, 4.69) is 36.0 Å². The smallest absolute Gasteiger partial charge is 0.414 e. The van der Waals surface area contributed by atoms with E-state index < -0.39 is 36.2 Å². The number of rotatable bonds is 20. The van der Waals surface area contributed by atoms with Gasteiger partial charge in [0.1, 0.15) is 23.8 Å².